The van der Waals surface area contributed by atoms with Gasteiger partial charge in [-0.1, -0.05) is 29.8 Å². The number of carbonyl (C=O) groups is 1. The minimum absolute atomic E-state index is 0.0748. The van der Waals surface area contributed by atoms with Crippen LogP contribution in [0.2, 0.25) is 5.02 Å². The number of nitrogens with zero attached hydrogens (tertiary/aromatic N) is 2. The Hall–Kier alpha value is -1.54. The van der Waals surface area contributed by atoms with E-state index in [1.54, 1.807) is 12.1 Å². The van der Waals surface area contributed by atoms with Gasteiger partial charge in [-0.3, -0.25) is 4.79 Å². The second kappa shape index (κ2) is 8.86. The highest BCUT2D eigenvalue weighted by molar-refractivity contribution is 7.99. The van der Waals surface area contributed by atoms with E-state index in [-0.39, 0.29) is 16.1 Å². The van der Waals surface area contributed by atoms with E-state index in [0.717, 1.165) is 27.1 Å². The van der Waals surface area contributed by atoms with E-state index in [1.165, 1.54) is 26.2 Å². The standard InChI is InChI=1S/C20H23ClN2O3S2/c1-22(2)28(25,26)16-9-7-15(8-10-16)20(24)23-12-11-19(27-14-13-23)17-5-3-4-6-18(17)21/h3-10,19H,11-14H2,1-2H3/t19-/m0/s1. The van der Waals surface area contributed by atoms with Gasteiger partial charge in [0.25, 0.3) is 5.91 Å². The predicted molar refractivity (Wildman–Crippen MR) is 114 cm³/mol. The highest BCUT2D eigenvalue weighted by Gasteiger charge is 2.24. The van der Waals surface area contributed by atoms with Gasteiger partial charge in [0.2, 0.25) is 10.0 Å². The fraction of sp³-hybridized carbons (Fsp3) is 0.350. The summed E-state index contributed by atoms with van der Waals surface area (Å²) < 4.78 is 25.5. The maximum absolute atomic E-state index is 12.9. The van der Waals surface area contributed by atoms with Gasteiger partial charge in [0.05, 0.1) is 4.90 Å². The Labute approximate surface area is 175 Å². The third kappa shape index (κ3) is 4.54. The number of rotatable bonds is 4. The maximum atomic E-state index is 12.9. The average Bonchev–Trinajstić information content (AvgIpc) is 2.94. The molecule has 5 nitrogen and oxygen atoms in total. The van der Waals surface area contributed by atoms with Gasteiger partial charge >= 0.3 is 0 Å². The van der Waals surface area contributed by atoms with Crippen LogP contribution in [0.3, 0.4) is 0 Å². The van der Waals surface area contributed by atoms with Crippen LogP contribution in [0.25, 0.3) is 0 Å². The first-order valence-corrected chi connectivity index (χ1v) is 11.9. The molecule has 1 atom stereocenters. The van der Waals surface area contributed by atoms with Crippen molar-refractivity contribution in [3.63, 3.8) is 0 Å². The highest BCUT2D eigenvalue weighted by atomic mass is 35.5. The van der Waals surface area contributed by atoms with Gasteiger partial charge in [-0.15, -0.1) is 0 Å². The Morgan fingerprint density at radius 2 is 1.79 bits per heavy atom. The molecular weight excluding hydrogens is 416 g/mol. The number of hydrogen-bond acceptors (Lipinski definition) is 4. The minimum Gasteiger partial charge on any atom is -0.338 e. The number of thioether (sulfide) groups is 1. The van der Waals surface area contributed by atoms with Crippen LogP contribution >= 0.6 is 23.4 Å². The van der Waals surface area contributed by atoms with Crippen molar-refractivity contribution in [1.82, 2.24) is 9.21 Å². The molecule has 1 aliphatic heterocycles. The van der Waals surface area contributed by atoms with Gasteiger partial charge in [0.1, 0.15) is 0 Å². The fourth-order valence-electron chi connectivity index (χ4n) is 3.12. The van der Waals surface area contributed by atoms with Gasteiger partial charge in [0, 0.05) is 48.8 Å². The van der Waals surface area contributed by atoms with E-state index in [1.807, 2.05) is 40.9 Å². The first kappa shape index (κ1) is 21.2. The molecule has 150 valence electrons. The van der Waals surface area contributed by atoms with Crippen LogP contribution in [0.15, 0.2) is 53.4 Å². The van der Waals surface area contributed by atoms with Crippen LogP contribution < -0.4 is 0 Å². The summed E-state index contributed by atoms with van der Waals surface area (Å²) in [5.41, 5.74) is 1.61. The molecule has 0 aliphatic carbocycles. The van der Waals surface area contributed by atoms with E-state index in [0.29, 0.717) is 18.7 Å². The van der Waals surface area contributed by atoms with E-state index in [9.17, 15) is 13.2 Å². The summed E-state index contributed by atoms with van der Waals surface area (Å²) in [5.74, 6) is 0.753. The zero-order chi connectivity index (χ0) is 20.3. The quantitative estimate of drug-likeness (QED) is 0.726. The Morgan fingerprint density at radius 3 is 2.43 bits per heavy atom. The molecule has 0 aromatic heterocycles. The second-order valence-electron chi connectivity index (χ2n) is 6.77. The molecule has 1 aliphatic rings. The van der Waals surface area contributed by atoms with Crippen molar-refractivity contribution < 1.29 is 13.2 Å². The number of halogens is 1. The molecule has 0 unspecified atom stereocenters. The van der Waals surface area contributed by atoms with Crippen LogP contribution in [-0.4, -0.2) is 56.5 Å². The number of amides is 1. The van der Waals surface area contributed by atoms with E-state index in [4.69, 9.17) is 11.6 Å². The first-order chi connectivity index (χ1) is 13.3. The smallest absolute Gasteiger partial charge is 0.253 e. The summed E-state index contributed by atoms with van der Waals surface area (Å²) in [5, 5.41) is 1.02. The van der Waals surface area contributed by atoms with Crippen molar-refractivity contribution in [2.75, 3.05) is 32.9 Å². The van der Waals surface area contributed by atoms with Crippen LogP contribution in [0, 0.1) is 0 Å². The predicted octanol–water partition coefficient (Wildman–Crippen LogP) is 3.91. The van der Waals surface area contributed by atoms with Crippen molar-refractivity contribution in [3.05, 3.63) is 64.7 Å². The molecule has 0 spiro atoms. The Kier molecular flexibility index (Phi) is 6.70. The minimum atomic E-state index is -3.50. The first-order valence-electron chi connectivity index (χ1n) is 8.98. The summed E-state index contributed by atoms with van der Waals surface area (Å²) >= 11 is 8.15. The molecule has 0 saturated carbocycles. The summed E-state index contributed by atoms with van der Waals surface area (Å²) in [6.45, 7) is 1.29. The van der Waals surface area contributed by atoms with Gasteiger partial charge in [0.15, 0.2) is 0 Å². The van der Waals surface area contributed by atoms with Crippen molar-refractivity contribution in [3.8, 4) is 0 Å². The van der Waals surface area contributed by atoms with E-state index >= 15 is 0 Å². The molecule has 0 radical (unpaired) electrons. The third-order valence-corrected chi connectivity index (χ3v) is 8.24. The molecule has 8 heteroatoms. The molecule has 0 bridgehead atoms. The van der Waals surface area contributed by atoms with Crippen molar-refractivity contribution in [2.45, 2.75) is 16.6 Å². The van der Waals surface area contributed by atoms with E-state index < -0.39 is 10.0 Å². The monoisotopic (exact) mass is 438 g/mol. The largest absolute Gasteiger partial charge is 0.338 e. The van der Waals surface area contributed by atoms with Crippen LogP contribution in [0.5, 0.6) is 0 Å². The van der Waals surface area contributed by atoms with E-state index in [2.05, 4.69) is 0 Å². The maximum Gasteiger partial charge on any atom is 0.253 e. The Bertz CT molecular complexity index is 946. The van der Waals surface area contributed by atoms with Crippen molar-refractivity contribution in [1.29, 1.82) is 0 Å². The molecule has 1 saturated heterocycles. The Balaban J connectivity index is 1.71. The van der Waals surface area contributed by atoms with Gasteiger partial charge in [-0.2, -0.15) is 11.8 Å². The second-order valence-corrected chi connectivity index (χ2v) is 10.6. The van der Waals surface area contributed by atoms with Crippen molar-refractivity contribution in [2.24, 2.45) is 0 Å². The van der Waals surface area contributed by atoms with Crippen molar-refractivity contribution >= 4 is 39.3 Å². The lowest BCUT2D eigenvalue weighted by molar-refractivity contribution is 0.0766. The topological polar surface area (TPSA) is 57.7 Å². The zero-order valence-electron chi connectivity index (χ0n) is 15.8. The number of benzene rings is 2. The van der Waals surface area contributed by atoms with Crippen LogP contribution in [0.1, 0.15) is 27.6 Å². The summed E-state index contributed by atoms with van der Waals surface area (Å²) in [6, 6.07) is 14.0. The molecule has 1 heterocycles. The molecular formula is C20H23ClN2O3S2. The molecule has 0 N–H and O–H groups in total. The summed E-state index contributed by atoms with van der Waals surface area (Å²) in [6.07, 6.45) is 0.827. The number of sulfonamides is 1. The average molecular weight is 439 g/mol. The fourth-order valence-corrected chi connectivity index (χ4v) is 5.62. The lowest BCUT2D eigenvalue weighted by Crippen LogP contribution is -2.33. The highest BCUT2D eigenvalue weighted by Crippen LogP contribution is 2.38. The molecule has 2 aromatic rings. The third-order valence-electron chi connectivity index (χ3n) is 4.76. The lowest BCUT2D eigenvalue weighted by atomic mass is 10.1. The lowest BCUT2D eigenvalue weighted by Gasteiger charge is -2.21. The normalized spacial score (nSPS) is 18.1. The molecule has 1 amide bonds. The zero-order valence-corrected chi connectivity index (χ0v) is 18.2. The van der Waals surface area contributed by atoms with Crippen LogP contribution in [-0.2, 0) is 10.0 Å². The molecule has 28 heavy (non-hydrogen) atoms. The molecule has 3 rings (SSSR count). The summed E-state index contributed by atoms with van der Waals surface area (Å²) in [7, 11) is -0.530. The molecule has 2 aromatic carbocycles. The number of carbonyl (C=O) groups excluding carboxylic acids is 1. The number of hydrogen-bond donors (Lipinski definition) is 0. The Morgan fingerprint density at radius 1 is 1.11 bits per heavy atom. The molecule has 1 fully saturated rings. The SMILES string of the molecule is CN(C)S(=O)(=O)c1ccc(C(=O)N2CCS[C@H](c3ccccc3Cl)CC2)cc1. The van der Waals surface area contributed by atoms with Gasteiger partial charge in [-0.25, -0.2) is 12.7 Å². The van der Waals surface area contributed by atoms with Gasteiger partial charge in [-0.05, 0) is 42.3 Å². The summed E-state index contributed by atoms with van der Waals surface area (Å²) in [4.78, 5) is 14.9. The van der Waals surface area contributed by atoms with Crippen LogP contribution in [0.4, 0.5) is 0 Å². The van der Waals surface area contributed by atoms with Gasteiger partial charge < -0.3 is 4.90 Å².